The first kappa shape index (κ1) is 9.79. The van der Waals surface area contributed by atoms with Crippen LogP contribution in [0.25, 0.3) is 10.9 Å². The van der Waals surface area contributed by atoms with Gasteiger partial charge < -0.3 is 5.73 Å². The Balaban J connectivity index is 2.08. The predicted octanol–water partition coefficient (Wildman–Crippen LogP) is 3.03. The maximum absolute atomic E-state index is 6.34. The van der Waals surface area contributed by atoms with E-state index in [1.165, 1.54) is 30.2 Å². The van der Waals surface area contributed by atoms with Crippen LogP contribution in [-0.4, -0.2) is 4.98 Å². The van der Waals surface area contributed by atoms with E-state index in [0.29, 0.717) is 5.92 Å². The monoisotopic (exact) mass is 212 g/mol. The highest BCUT2D eigenvalue weighted by atomic mass is 14.7. The fourth-order valence-electron chi connectivity index (χ4n) is 2.47. The van der Waals surface area contributed by atoms with Crippen molar-refractivity contribution in [2.24, 2.45) is 11.7 Å². The molecule has 82 valence electrons. The highest BCUT2D eigenvalue weighted by Crippen LogP contribution is 2.37. The molecular weight excluding hydrogens is 196 g/mol. The van der Waals surface area contributed by atoms with Crippen LogP contribution in [0.2, 0.25) is 0 Å². The van der Waals surface area contributed by atoms with Crippen molar-refractivity contribution >= 4 is 10.9 Å². The van der Waals surface area contributed by atoms with Gasteiger partial charge in [0.1, 0.15) is 0 Å². The molecule has 0 radical (unpaired) electrons. The molecule has 0 aliphatic heterocycles. The Bertz CT molecular complexity index is 498. The van der Waals surface area contributed by atoms with Gasteiger partial charge in [0, 0.05) is 17.6 Å². The van der Waals surface area contributed by atoms with Crippen LogP contribution in [0.15, 0.2) is 36.5 Å². The minimum Gasteiger partial charge on any atom is -0.324 e. The molecule has 1 aromatic heterocycles. The second kappa shape index (κ2) is 3.87. The third-order valence-corrected chi connectivity index (χ3v) is 3.70. The van der Waals surface area contributed by atoms with Crippen molar-refractivity contribution in [3.05, 3.63) is 42.1 Å². The highest BCUT2D eigenvalue weighted by Gasteiger charge is 2.26. The van der Waals surface area contributed by atoms with E-state index in [-0.39, 0.29) is 6.04 Å². The largest absolute Gasteiger partial charge is 0.324 e. The summed E-state index contributed by atoms with van der Waals surface area (Å²) < 4.78 is 0. The first-order chi connectivity index (χ1) is 7.86. The van der Waals surface area contributed by atoms with Gasteiger partial charge in [0.25, 0.3) is 0 Å². The van der Waals surface area contributed by atoms with E-state index in [1.54, 1.807) is 0 Å². The van der Waals surface area contributed by atoms with Crippen LogP contribution in [0.1, 0.15) is 30.9 Å². The van der Waals surface area contributed by atoms with Gasteiger partial charge in [-0.05, 0) is 36.5 Å². The summed E-state index contributed by atoms with van der Waals surface area (Å²) >= 11 is 0. The van der Waals surface area contributed by atoms with Gasteiger partial charge in [-0.25, -0.2) is 0 Å². The Morgan fingerprint density at radius 1 is 1.19 bits per heavy atom. The standard InChI is InChI=1S/C14H16N2/c15-14(10-4-1-5-10)12-6-2-8-13-11(12)7-3-9-16-13/h2-3,6-10,14H,1,4-5,15H2. The Hall–Kier alpha value is -1.41. The van der Waals surface area contributed by atoms with Crippen LogP contribution in [0.4, 0.5) is 0 Å². The van der Waals surface area contributed by atoms with Crippen LogP contribution < -0.4 is 5.73 Å². The molecule has 0 saturated heterocycles. The fourth-order valence-corrected chi connectivity index (χ4v) is 2.47. The van der Waals surface area contributed by atoms with Crippen LogP contribution in [0, 0.1) is 5.92 Å². The highest BCUT2D eigenvalue weighted by molar-refractivity contribution is 5.82. The van der Waals surface area contributed by atoms with Crippen molar-refractivity contribution in [2.45, 2.75) is 25.3 Å². The number of pyridine rings is 1. The number of nitrogens with zero attached hydrogens (tertiary/aromatic N) is 1. The molecule has 1 aliphatic rings. The minimum atomic E-state index is 0.182. The quantitative estimate of drug-likeness (QED) is 0.831. The van der Waals surface area contributed by atoms with Crippen molar-refractivity contribution in [1.82, 2.24) is 4.98 Å². The first-order valence-electron chi connectivity index (χ1n) is 5.95. The zero-order valence-corrected chi connectivity index (χ0v) is 9.26. The molecule has 1 aromatic carbocycles. The fraction of sp³-hybridized carbons (Fsp3) is 0.357. The second-order valence-electron chi connectivity index (χ2n) is 4.63. The number of hydrogen-bond acceptors (Lipinski definition) is 2. The van der Waals surface area contributed by atoms with E-state index in [4.69, 9.17) is 5.73 Å². The smallest absolute Gasteiger partial charge is 0.0705 e. The summed E-state index contributed by atoms with van der Waals surface area (Å²) in [5, 5.41) is 1.21. The van der Waals surface area contributed by atoms with Gasteiger partial charge in [0.15, 0.2) is 0 Å². The summed E-state index contributed by atoms with van der Waals surface area (Å²) in [6.07, 6.45) is 5.72. The predicted molar refractivity (Wildman–Crippen MR) is 66.0 cm³/mol. The van der Waals surface area contributed by atoms with Crippen LogP contribution in [0.5, 0.6) is 0 Å². The molecular formula is C14H16N2. The molecule has 2 nitrogen and oxygen atoms in total. The average molecular weight is 212 g/mol. The third-order valence-electron chi connectivity index (χ3n) is 3.70. The maximum Gasteiger partial charge on any atom is 0.0705 e. The van der Waals surface area contributed by atoms with E-state index in [2.05, 4.69) is 23.2 Å². The third kappa shape index (κ3) is 1.50. The van der Waals surface area contributed by atoms with Crippen LogP contribution in [-0.2, 0) is 0 Å². The number of hydrogen-bond donors (Lipinski definition) is 1. The SMILES string of the molecule is NC(c1cccc2ncccc12)C1CCC1. The summed E-state index contributed by atoms with van der Waals surface area (Å²) in [6.45, 7) is 0. The van der Waals surface area contributed by atoms with Gasteiger partial charge >= 0.3 is 0 Å². The normalized spacial score (nSPS) is 18.3. The Labute approximate surface area is 95.5 Å². The van der Waals surface area contributed by atoms with E-state index in [0.717, 1.165) is 5.52 Å². The van der Waals surface area contributed by atoms with Gasteiger partial charge in [-0.3, -0.25) is 4.98 Å². The van der Waals surface area contributed by atoms with E-state index < -0.39 is 0 Å². The Morgan fingerprint density at radius 2 is 2.06 bits per heavy atom. The molecule has 3 rings (SSSR count). The number of rotatable bonds is 2. The lowest BCUT2D eigenvalue weighted by atomic mass is 9.77. The molecule has 2 aromatic rings. The summed E-state index contributed by atoms with van der Waals surface area (Å²) in [4.78, 5) is 4.37. The molecule has 1 fully saturated rings. The van der Waals surface area contributed by atoms with Gasteiger partial charge in [0.05, 0.1) is 5.52 Å². The van der Waals surface area contributed by atoms with Gasteiger partial charge in [-0.1, -0.05) is 24.6 Å². The van der Waals surface area contributed by atoms with Crippen molar-refractivity contribution in [3.63, 3.8) is 0 Å². The van der Waals surface area contributed by atoms with Crippen molar-refractivity contribution in [2.75, 3.05) is 0 Å². The van der Waals surface area contributed by atoms with Crippen molar-refractivity contribution < 1.29 is 0 Å². The molecule has 1 aliphatic carbocycles. The molecule has 16 heavy (non-hydrogen) atoms. The van der Waals surface area contributed by atoms with Crippen LogP contribution >= 0.6 is 0 Å². The lowest BCUT2D eigenvalue weighted by Gasteiger charge is -2.32. The summed E-state index contributed by atoms with van der Waals surface area (Å²) in [7, 11) is 0. The molecule has 0 amide bonds. The number of fused-ring (bicyclic) bond motifs is 1. The second-order valence-corrected chi connectivity index (χ2v) is 4.63. The van der Waals surface area contributed by atoms with Gasteiger partial charge in [-0.2, -0.15) is 0 Å². The molecule has 1 unspecified atom stereocenters. The molecule has 0 spiro atoms. The summed E-state index contributed by atoms with van der Waals surface area (Å²) in [6, 6.07) is 10.5. The lowest BCUT2D eigenvalue weighted by Crippen LogP contribution is -2.26. The number of benzene rings is 1. The van der Waals surface area contributed by atoms with Crippen molar-refractivity contribution in [1.29, 1.82) is 0 Å². The topological polar surface area (TPSA) is 38.9 Å². The van der Waals surface area contributed by atoms with E-state index in [1.807, 2.05) is 18.3 Å². The molecule has 2 heteroatoms. The zero-order valence-electron chi connectivity index (χ0n) is 9.26. The summed E-state index contributed by atoms with van der Waals surface area (Å²) in [5.41, 5.74) is 8.65. The minimum absolute atomic E-state index is 0.182. The molecule has 1 atom stereocenters. The Morgan fingerprint density at radius 3 is 2.81 bits per heavy atom. The summed E-state index contributed by atoms with van der Waals surface area (Å²) in [5.74, 6) is 0.672. The van der Waals surface area contributed by atoms with Crippen LogP contribution in [0.3, 0.4) is 0 Å². The first-order valence-corrected chi connectivity index (χ1v) is 5.95. The average Bonchev–Trinajstić information content (AvgIpc) is 2.26. The number of nitrogens with two attached hydrogens (primary N) is 1. The van der Waals surface area contributed by atoms with Gasteiger partial charge in [-0.15, -0.1) is 0 Å². The maximum atomic E-state index is 6.34. The van der Waals surface area contributed by atoms with Crippen molar-refractivity contribution in [3.8, 4) is 0 Å². The zero-order chi connectivity index (χ0) is 11.0. The number of aromatic nitrogens is 1. The van der Waals surface area contributed by atoms with E-state index in [9.17, 15) is 0 Å². The Kier molecular flexibility index (Phi) is 2.37. The molecule has 1 saturated carbocycles. The van der Waals surface area contributed by atoms with Gasteiger partial charge in [0.2, 0.25) is 0 Å². The van der Waals surface area contributed by atoms with E-state index >= 15 is 0 Å². The molecule has 1 heterocycles. The molecule has 0 bridgehead atoms. The molecule has 2 N–H and O–H groups in total. The lowest BCUT2D eigenvalue weighted by molar-refractivity contribution is 0.265.